The summed E-state index contributed by atoms with van der Waals surface area (Å²) < 4.78 is 0. The van der Waals surface area contributed by atoms with Gasteiger partial charge in [-0.1, -0.05) is 61.5 Å². The zero-order chi connectivity index (χ0) is 22.2. The van der Waals surface area contributed by atoms with Crippen LogP contribution in [0.5, 0.6) is 0 Å². The first kappa shape index (κ1) is 21.3. The summed E-state index contributed by atoms with van der Waals surface area (Å²) >= 11 is 0. The van der Waals surface area contributed by atoms with Crippen LogP contribution in [0.4, 0.5) is 5.69 Å². The Morgan fingerprint density at radius 3 is 2.61 bits per heavy atom. The molecule has 0 saturated carbocycles. The Bertz CT molecular complexity index is 1030. The Morgan fingerprint density at radius 2 is 1.87 bits per heavy atom. The van der Waals surface area contributed by atoms with E-state index in [1.54, 1.807) is 43.2 Å². The van der Waals surface area contributed by atoms with E-state index in [-0.39, 0.29) is 30.9 Å². The largest absolute Gasteiger partial charge is 0.394 e. The van der Waals surface area contributed by atoms with Crippen LogP contribution in [0.1, 0.15) is 30.0 Å². The van der Waals surface area contributed by atoms with Gasteiger partial charge in [-0.05, 0) is 23.6 Å². The predicted octanol–water partition coefficient (Wildman–Crippen LogP) is 2.38. The van der Waals surface area contributed by atoms with Gasteiger partial charge < -0.3 is 20.0 Å². The molecule has 2 amide bonds. The summed E-state index contributed by atoms with van der Waals surface area (Å²) in [6.07, 6.45) is 4.23. The third kappa shape index (κ3) is 3.56. The van der Waals surface area contributed by atoms with Gasteiger partial charge in [0.05, 0.1) is 18.3 Å². The highest BCUT2D eigenvalue weighted by Crippen LogP contribution is 2.44. The van der Waals surface area contributed by atoms with Gasteiger partial charge in [-0.3, -0.25) is 9.59 Å². The van der Waals surface area contributed by atoms with Crippen molar-refractivity contribution in [1.82, 2.24) is 4.90 Å². The van der Waals surface area contributed by atoms with Crippen molar-refractivity contribution in [2.75, 3.05) is 18.6 Å². The lowest BCUT2D eigenvalue weighted by atomic mass is 9.83. The second-order valence-electron chi connectivity index (χ2n) is 8.40. The van der Waals surface area contributed by atoms with Crippen LogP contribution in [0.15, 0.2) is 60.7 Å². The Labute approximate surface area is 182 Å². The molecule has 6 nitrogen and oxygen atoms in total. The van der Waals surface area contributed by atoms with Crippen molar-refractivity contribution >= 4 is 17.5 Å². The van der Waals surface area contributed by atoms with Gasteiger partial charge in [-0.25, -0.2) is 0 Å². The molecule has 3 atom stereocenters. The monoisotopic (exact) mass is 420 g/mol. The van der Waals surface area contributed by atoms with E-state index in [1.165, 1.54) is 10.5 Å². The van der Waals surface area contributed by atoms with Gasteiger partial charge in [-0.2, -0.15) is 0 Å². The number of fused-ring (bicyclic) bond motifs is 2. The maximum atomic E-state index is 12.9. The van der Waals surface area contributed by atoms with Crippen LogP contribution in [0.2, 0.25) is 0 Å². The molecule has 31 heavy (non-hydrogen) atoms. The Morgan fingerprint density at radius 1 is 1.19 bits per heavy atom. The lowest BCUT2D eigenvalue weighted by Gasteiger charge is -2.36. The van der Waals surface area contributed by atoms with Gasteiger partial charge in [0.2, 0.25) is 5.91 Å². The number of likely N-dealkylation sites (N-methyl/N-ethyl adjacent to an activating group) is 1. The standard InChI is InChI=1S/C25H28N2O4/c1-17(25(31)21-11-5-6-12-22(21)26(2)24(25)30)8-7-13-23(29)27-15-19-10-4-3-9-18(19)14-20(27)16-28/h3-12,17,20,28,31H,13-16H2,1-2H3/b8-7+/t17-,20-,25+/m0/s1. The molecule has 0 radical (unpaired) electrons. The normalized spacial score (nSPS) is 23.7. The van der Waals surface area contributed by atoms with Crippen molar-refractivity contribution in [1.29, 1.82) is 0 Å². The topological polar surface area (TPSA) is 81.1 Å². The minimum Gasteiger partial charge on any atom is -0.394 e. The molecule has 0 aromatic heterocycles. The van der Waals surface area contributed by atoms with Crippen LogP contribution in [0, 0.1) is 5.92 Å². The van der Waals surface area contributed by atoms with Crippen LogP contribution < -0.4 is 4.90 Å². The van der Waals surface area contributed by atoms with Gasteiger partial charge in [-0.15, -0.1) is 0 Å². The minimum atomic E-state index is -1.65. The summed E-state index contributed by atoms with van der Waals surface area (Å²) in [5.41, 5.74) is 1.90. The summed E-state index contributed by atoms with van der Waals surface area (Å²) in [7, 11) is 1.66. The van der Waals surface area contributed by atoms with Gasteiger partial charge >= 0.3 is 0 Å². The van der Waals surface area contributed by atoms with Gasteiger partial charge in [0, 0.05) is 31.5 Å². The molecule has 2 aromatic carbocycles. The third-order valence-corrected chi connectivity index (χ3v) is 6.57. The first-order valence-electron chi connectivity index (χ1n) is 10.6. The molecule has 2 heterocycles. The second kappa shape index (κ2) is 8.29. The van der Waals surface area contributed by atoms with Crippen LogP contribution in [-0.4, -0.2) is 46.6 Å². The number of benzene rings is 2. The third-order valence-electron chi connectivity index (χ3n) is 6.57. The minimum absolute atomic E-state index is 0.0840. The van der Waals surface area contributed by atoms with Gasteiger partial charge in [0.1, 0.15) is 0 Å². The van der Waals surface area contributed by atoms with Crippen molar-refractivity contribution in [3.05, 3.63) is 77.4 Å². The molecule has 0 spiro atoms. The van der Waals surface area contributed by atoms with E-state index in [0.29, 0.717) is 24.2 Å². The van der Waals surface area contributed by atoms with E-state index < -0.39 is 11.5 Å². The summed E-state index contributed by atoms with van der Waals surface area (Å²) in [4.78, 5) is 28.9. The average molecular weight is 421 g/mol. The van der Waals surface area contributed by atoms with Crippen LogP contribution in [0.25, 0.3) is 0 Å². The fraction of sp³-hybridized carbons (Fsp3) is 0.360. The molecule has 0 fully saturated rings. The number of amides is 2. The van der Waals surface area contributed by atoms with Crippen molar-refractivity contribution in [2.45, 2.75) is 38.0 Å². The average Bonchev–Trinajstić information content (AvgIpc) is 3.00. The maximum absolute atomic E-state index is 12.9. The molecule has 2 aliphatic rings. The maximum Gasteiger partial charge on any atom is 0.264 e. The molecule has 0 unspecified atom stereocenters. The first-order chi connectivity index (χ1) is 14.9. The number of aliphatic hydroxyl groups excluding tert-OH is 1. The number of hydrogen-bond donors (Lipinski definition) is 2. The molecule has 4 rings (SSSR count). The number of hydrogen-bond acceptors (Lipinski definition) is 4. The number of carbonyl (C=O) groups is 2. The lowest BCUT2D eigenvalue weighted by molar-refractivity contribution is -0.139. The molecule has 0 bridgehead atoms. The highest BCUT2D eigenvalue weighted by molar-refractivity contribution is 6.06. The molecule has 0 aliphatic carbocycles. The summed E-state index contributed by atoms with van der Waals surface area (Å²) in [5.74, 6) is -0.959. The molecular formula is C25H28N2O4. The zero-order valence-electron chi connectivity index (χ0n) is 17.9. The molecular weight excluding hydrogens is 392 g/mol. The van der Waals surface area contributed by atoms with Gasteiger partial charge in [0.25, 0.3) is 5.91 Å². The molecule has 6 heteroatoms. The first-order valence-corrected chi connectivity index (χ1v) is 10.6. The summed E-state index contributed by atoms with van der Waals surface area (Å²) in [5, 5.41) is 21.1. The summed E-state index contributed by atoms with van der Waals surface area (Å²) in [6, 6.07) is 15.0. The summed E-state index contributed by atoms with van der Waals surface area (Å²) in [6.45, 7) is 2.17. The van der Waals surface area contributed by atoms with E-state index >= 15 is 0 Å². The number of carbonyl (C=O) groups excluding carboxylic acids is 2. The second-order valence-corrected chi connectivity index (χ2v) is 8.40. The molecule has 0 saturated heterocycles. The number of aliphatic hydroxyl groups is 2. The molecule has 162 valence electrons. The molecule has 2 aromatic rings. The van der Waals surface area contributed by atoms with Crippen LogP contribution in [-0.2, 0) is 28.2 Å². The van der Waals surface area contributed by atoms with E-state index in [0.717, 1.165) is 5.56 Å². The van der Waals surface area contributed by atoms with E-state index in [1.807, 2.05) is 36.4 Å². The highest BCUT2D eigenvalue weighted by atomic mass is 16.3. The molecule has 2 aliphatic heterocycles. The SMILES string of the molecule is C[C@@H](/C=C/CC(=O)N1Cc2ccccc2C[C@H]1CO)[C@]1(O)C(=O)N(C)c2ccccc21. The van der Waals surface area contributed by atoms with Crippen molar-refractivity contribution in [3.8, 4) is 0 Å². The van der Waals surface area contributed by atoms with Crippen LogP contribution >= 0.6 is 0 Å². The van der Waals surface area contributed by atoms with E-state index in [4.69, 9.17) is 0 Å². The fourth-order valence-corrected chi connectivity index (χ4v) is 4.68. The number of nitrogens with zero attached hydrogens (tertiary/aromatic N) is 2. The van der Waals surface area contributed by atoms with E-state index in [2.05, 4.69) is 0 Å². The smallest absolute Gasteiger partial charge is 0.264 e. The Balaban J connectivity index is 1.47. The highest BCUT2D eigenvalue weighted by Gasteiger charge is 2.51. The Kier molecular flexibility index (Phi) is 5.69. The van der Waals surface area contributed by atoms with Crippen molar-refractivity contribution in [2.24, 2.45) is 5.92 Å². The predicted molar refractivity (Wildman–Crippen MR) is 118 cm³/mol. The van der Waals surface area contributed by atoms with E-state index in [9.17, 15) is 19.8 Å². The lowest BCUT2D eigenvalue weighted by Crippen LogP contribution is -2.46. The number of rotatable bonds is 5. The zero-order valence-corrected chi connectivity index (χ0v) is 17.9. The number of para-hydroxylation sites is 1. The van der Waals surface area contributed by atoms with Crippen LogP contribution in [0.3, 0.4) is 0 Å². The molecule has 2 N–H and O–H groups in total. The quantitative estimate of drug-likeness (QED) is 0.728. The van der Waals surface area contributed by atoms with Gasteiger partial charge in [0.15, 0.2) is 5.60 Å². The van der Waals surface area contributed by atoms with Crippen molar-refractivity contribution in [3.63, 3.8) is 0 Å². The fourth-order valence-electron chi connectivity index (χ4n) is 4.68. The number of anilines is 1. The Hall–Kier alpha value is -2.96. The van der Waals surface area contributed by atoms with Crippen molar-refractivity contribution < 1.29 is 19.8 Å².